The van der Waals surface area contributed by atoms with Crippen LogP contribution in [0.25, 0.3) is 0 Å². The number of anilines is 2. The van der Waals surface area contributed by atoms with E-state index in [9.17, 15) is 9.59 Å². The molecule has 1 aliphatic heterocycles. The van der Waals surface area contributed by atoms with Crippen molar-refractivity contribution >= 4 is 23.6 Å². The number of amides is 1. The van der Waals surface area contributed by atoms with Gasteiger partial charge in [-0.3, -0.25) is 0 Å². The zero-order chi connectivity index (χ0) is 17.2. The molecule has 0 bridgehead atoms. The number of nitrogens with two attached hydrogens (primary N) is 1. The van der Waals surface area contributed by atoms with Gasteiger partial charge in [-0.05, 0) is 20.8 Å². The third kappa shape index (κ3) is 3.99. The number of nitrogens with zero attached hydrogens (tertiary/aromatic N) is 4. The summed E-state index contributed by atoms with van der Waals surface area (Å²) in [5.41, 5.74) is 5.12. The van der Waals surface area contributed by atoms with Crippen molar-refractivity contribution in [1.82, 2.24) is 14.9 Å². The van der Waals surface area contributed by atoms with Gasteiger partial charge in [-0.1, -0.05) is 0 Å². The number of aromatic carboxylic acids is 1. The van der Waals surface area contributed by atoms with E-state index in [2.05, 4.69) is 9.97 Å². The quantitative estimate of drug-likeness (QED) is 0.820. The molecular weight excluding hydrogens is 302 g/mol. The number of carbonyl (C=O) groups excluding carboxylic acids is 1. The van der Waals surface area contributed by atoms with Crippen molar-refractivity contribution in [2.75, 3.05) is 36.8 Å². The summed E-state index contributed by atoms with van der Waals surface area (Å²) in [5.74, 6) is -0.820. The summed E-state index contributed by atoms with van der Waals surface area (Å²) in [6.45, 7) is 7.31. The summed E-state index contributed by atoms with van der Waals surface area (Å²) in [6, 6.07) is 0. The largest absolute Gasteiger partial charge is 0.476 e. The Balaban J connectivity index is 2.04. The number of piperazine rings is 1. The van der Waals surface area contributed by atoms with Crippen molar-refractivity contribution < 1.29 is 19.4 Å². The first-order valence-corrected chi connectivity index (χ1v) is 7.25. The number of rotatable bonds is 2. The summed E-state index contributed by atoms with van der Waals surface area (Å²) < 4.78 is 5.33. The summed E-state index contributed by atoms with van der Waals surface area (Å²) in [5, 5.41) is 9.05. The molecule has 1 amide bonds. The van der Waals surface area contributed by atoms with E-state index in [-0.39, 0.29) is 17.5 Å². The second-order valence-electron chi connectivity index (χ2n) is 6.22. The highest BCUT2D eigenvalue weighted by molar-refractivity contribution is 5.94. The molecule has 3 N–H and O–H groups in total. The molecule has 2 rings (SSSR count). The smallest absolute Gasteiger partial charge is 0.410 e. The summed E-state index contributed by atoms with van der Waals surface area (Å²) in [6.07, 6.45) is 0.814. The summed E-state index contributed by atoms with van der Waals surface area (Å²) in [7, 11) is 0. The summed E-state index contributed by atoms with van der Waals surface area (Å²) >= 11 is 0. The van der Waals surface area contributed by atoms with Crippen LogP contribution >= 0.6 is 0 Å². The normalized spacial score (nSPS) is 15.4. The minimum atomic E-state index is -1.20. The fourth-order valence-corrected chi connectivity index (χ4v) is 2.24. The van der Waals surface area contributed by atoms with Gasteiger partial charge in [0.15, 0.2) is 11.5 Å². The Bertz CT molecular complexity index is 606. The number of nitrogen functional groups attached to an aromatic ring is 1. The minimum Gasteiger partial charge on any atom is -0.476 e. The van der Waals surface area contributed by atoms with Gasteiger partial charge in [-0.15, -0.1) is 0 Å². The highest BCUT2D eigenvalue weighted by Crippen LogP contribution is 2.24. The van der Waals surface area contributed by atoms with E-state index >= 15 is 0 Å². The van der Waals surface area contributed by atoms with Crippen LogP contribution in [-0.2, 0) is 4.74 Å². The maximum absolute atomic E-state index is 12.0. The number of carboxylic acids is 1. The first kappa shape index (κ1) is 16.8. The molecule has 23 heavy (non-hydrogen) atoms. The van der Waals surface area contributed by atoms with Gasteiger partial charge >= 0.3 is 12.1 Å². The molecule has 0 spiro atoms. The van der Waals surface area contributed by atoms with E-state index < -0.39 is 11.6 Å². The molecule has 0 aliphatic carbocycles. The second-order valence-corrected chi connectivity index (χ2v) is 6.22. The predicted molar refractivity (Wildman–Crippen MR) is 83.4 cm³/mol. The lowest BCUT2D eigenvalue weighted by molar-refractivity contribution is 0.0240. The lowest BCUT2D eigenvalue weighted by Gasteiger charge is -2.36. The summed E-state index contributed by atoms with van der Waals surface area (Å²) in [4.78, 5) is 34.3. The Kier molecular flexibility index (Phi) is 4.57. The van der Waals surface area contributed by atoms with Gasteiger partial charge in [0.05, 0.1) is 0 Å². The Morgan fingerprint density at radius 2 is 1.83 bits per heavy atom. The molecular formula is C14H21N5O4. The number of ether oxygens (including phenoxy) is 1. The van der Waals surface area contributed by atoms with Crippen LogP contribution in [0, 0.1) is 0 Å². The third-order valence-electron chi connectivity index (χ3n) is 3.30. The number of hydrogen-bond donors (Lipinski definition) is 2. The fourth-order valence-electron chi connectivity index (χ4n) is 2.24. The molecule has 0 atom stereocenters. The average molecular weight is 323 g/mol. The molecule has 9 heteroatoms. The zero-order valence-electron chi connectivity index (χ0n) is 13.4. The number of hydrogen-bond acceptors (Lipinski definition) is 7. The molecule has 1 aliphatic rings. The first-order chi connectivity index (χ1) is 10.7. The van der Waals surface area contributed by atoms with Gasteiger partial charge < -0.3 is 25.4 Å². The Labute approximate surface area is 134 Å². The third-order valence-corrected chi connectivity index (χ3v) is 3.30. The van der Waals surface area contributed by atoms with Crippen molar-refractivity contribution in [2.24, 2.45) is 0 Å². The molecule has 0 saturated carbocycles. The molecule has 1 fully saturated rings. The topological polar surface area (TPSA) is 122 Å². The van der Waals surface area contributed by atoms with Crippen LogP contribution in [0.2, 0.25) is 0 Å². The van der Waals surface area contributed by atoms with Gasteiger partial charge in [-0.25, -0.2) is 19.6 Å². The molecule has 0 unspecified atom stereocenters. The van der Waals surface area contributed by atoms with Gasteiger partial charge in [0.25, 0.3) is 0 Å². The molecule has 2 heterocycles. The second kappa shape index (κ2) is 6.27. The monoisotopic (exact) mass is 323 g/mol. The molecule has 0 radical (unpaired) electrons. The SMILES string of the molecule is CC(C)(C)OC(=O)N1CCN(c2ncnc(C(=O)O)c2N)CC1. The van der Waals surface area contributed by atoms with Crippen LogP contribution in [0.5, 0.6) is 0 Å². The molecule has 126 valence electrons. The van der Waals surface area contributed by atoms with E-state index in [1.54, 1.807) is 4.90 Å². The van der Waals surface area contributed by atoms with Gasteiger partial charge in [0, 0.05) is 26.2 Å². The maximum Gasteiger partial charge on any atom is 0.410 e. The van der Waals surface area contributed by atoms with E-state index in [0.717, 1.165) is 0 Å². The predicted octanol–water partition coefficient (Wildman–Crippen LogP) is 0.814. The highest BCUT2D eigenvalue weighted by atomic mass is 16.6. The maximum atomic E-state index is 12.0. The van der Waals surface area contributed by atoms with E-state index in [1.807, 2.05) is 25.7 Å². The van der Waals surface area contributed by atoms with Crippen molar-refractivity contribution in [2.45, 2.75) is 26.4 Å². The van der Waals surface area contributed by atoms with Crippen molar-refractivity contribution in [1.29, 1.82) is 0 Å². The average Bonchev–Trinajstić information content (AvgIpc) is 2.45. The van der Waals surface area contributed by atoms with Crippen molar-refractivity contribution in [3.63, 3.8) is 0 Å². The van der Waals surface area contributed by atoms with Crippen LogP contribution in [0.3, 0.4) is 0 Å². The van der Waals surface area contributed by atoms with Gasteiger partial charge in [0.1, 0.15) is 17.6 Å². The first-order valence-electron chi connectivity index (χ1n) is 7.25. The molecule has 1 aromatic heterocycles. The number of carboxylic acid groups (broad SMARTS) is 1. The number of carbonyl (C=O) groups is 2. The van der Waals surface area contributed by atoms with E-state index in [1.165, 1.54) is 6.33 Å². The molecule has 9 nitrogen and oxygen atoms in total. The van der Waals surface area contributed by atoms with Crippen LogP contribution in [-0.4, -0.2) is 63.8 Å². The zero-order valence-corrected chi connectivity index (χ0v) is 13.4. The lowest BCUT2D eigenvalue weighted by Crippen LogP contribution is -2.50. The van der Waals surface area contributed by atoms with Gasteiger partial charge in [-0.2, -0.15) is 0 Å². The van der Waals surface area contributed by atoms with Crippen LogP contribution in [0.4, 0.5) is 16.3 Å². The standard InChI is InChI=1S/C14H21N5O4/c1-14(2,3)23-13(22)19-6-4-18(5-7-19)11-9(15)10(12(20)21)16-8-17-11/h8H,4-7,15H2,1-3H3,(H,20,21). The van der Waals surface area contributed by atoms with Gasteiger partial charge in [0.2, 0.25) is 0 Å². The lowest BCUT2D eigenvalue weighted by atomic mass is 10.2. The van der Waals surface area contributed by atoms with E-state index in [0.29, 0.717) is 32.0 Å². The molecule has 0 aromatic carbocycles. The van der Waals surface area contributed by atoms with Crippen LogP contribution in [0.15, 0.2) is 6.33 Å². The highest BCUT2D eigenvalue weighted by Gasteiger charge is 2.28. The van der Waals surface area contributed by atoms with Crippen LogP contribution in [0.1, 0.15) is 31.3 Å². The van der Waals surface area contributed by atoms with E-state index in [4.69, 9.17) is 15.6 Å². The number of aromatic nitrogens is 2. The fraction of sp³-hybridized carbons (Fsp3) is 0.571. The molecule has 1 aromatic rings. The molecule has 1 saturated heterocycles. The Hall–Kier alpha value is -2.58. The Morgan fingerprint density at radius 1 is 1.22 bits per heavy atom. The minimum absolute atomic E-state index is 0.0331. The Morgan fingerprint density at radius 3 is 2.35 bits per heavy atom. The van der Waals surface area contributed by atoms with Crippen molar-refractivity contribution in [3.05, 3.63) is 12.0 Å². The van der Waals surface area contributed by atoms with Crippen LogP contribution < -0.4 is 10.6 Å². The van der Waals surface area contributed by atoms with Crippen molar-refractivity contribution in [3.8, 4) is 0 Å².